The summed E-state index contributed by atoms with van der Waals surface area (Å²) in [4.78, 5) is 26.1. The molecule has 2 heterocycles. The van der Waals surface area contributed by atoms with Gasteiger partial charge in [0.05, 0.1) is 6.54 Å². The van der Waals surface area contributed by atoms with Crippen molar-refractivity contribution in [1.29, 1.82) is 0 Å². The highest BCUT2D eigenvalue weighted by Crippen LogP contribution is 2.22. The van der Waals surface area contributed by atoms with Gasteiger partial charge >= 0.3 is 11.8 Å². The van der Waals surface area contributed by atoms with E-state index in [1.165, 1.54) is 0 Å². The molecule has 1 aromatic rings. The first-order valence-electron chi connectivity index (χ1n) is 5.68. The van der Waals surface area contributed by atoms with Gasteiger partial charge in [0.2, 0.25) is 0 Å². The number of nitrogens with one attached hydrogen (secondary N) is 2. The number of rotatable bonds is 2. The lowest BCUT2D eigenvalue weighted by Crippen LogP contribution is -2.51. The lowest BCUT2D eigenvalue weighted by molar-refractivity contribution is -0.146. The molecule has 2 rings (SSSR count). The minimum absolute atomic E-state index is 0.384. The zero-order valence-electron chi connectivity index (χ0n) is 9.74. The number of piperazine rings is 1. The maximum Gasteiger partial charge on any atom is 0.311 e. The van der Waals surface area contributed by atoms with Crippen molar-refractivity contribution in [3.8, 4) is 0 Å². The Labute approximate surface area is 118 Å². The van der Waals surface area contributed by atoms with E-state index < -0.39 is 11.8 Å². The Balaban J connectivity index is 1.84. The molecule has 18 heavy (non-hydrogen) atoms. The second-order valence-corrected chi connectivity index (χ2v) is 5.77. The van der Waals surface area contributed by atoms with Crippen molar-refractivity contribution in [3.63, 3.8) is 0 Å². The number of hydrogen-bond acceptors (Lipinski definition) is 4. The molecule has 0 spiro atoms. The van der Waals surface area contributed by atoms with E-state index >= 15 is 0 Å². The molecule has 5 nitrogen and oxygen atoms in total. The monoisotopic (exact) mass is 331 g/mol. The summed E-state index contributed by atoms with van der Waals surface area (Å²) < 4.78 is 0.961. The molecule has 0 radical (unpaired) electrons. The Hall–Kier alpha value is -0.920. The summed E-state index contributed by atoms with van der Waals surface area (Å²) in [5.41, 5.74) is 0. The third kappa shape index (κ3) is 3.30. The van der Waals surface area contributed by atoms with Crippen LogP contribution in [0.5, 0.6) is 0 Å². The van der Waals surface area contributed by atoms with E-state index in [0.29, 0.717) is 19.6 Å². The molecule has 0 aromatic carbocycles. The summed E-state index contributed by atoms with van der Waals surface area (Å²) in [6.07, 6.45) is 0. The lowest BCUT2D eigenvalue weighted by Gasteiger charge is -2.26. The standard InChI is InChI=1S/C11H14BrN3O2S/c12-8-1-6-18-9(8)7-14-10(16)11(17)15-4-2-13-3-5-15/h1,6,13H,2-5,7H2,(H,14,16). The second-order valence-electron chi connectivity index (χ2n) is 3.92. The Morgan fingerprint density at radius 3 is 2.78 bits per heavy atom. The third-order valence-electron chi connectivity index (χ3n) is 2.70. The topological polar surface area (TPSA) is 61.4 Å². The molecule has 2 amide bonds. The van der Waals surface area contributed by atoms with Crippen LogP contribution in [0.15, 0.2) is 15.9 Å². The van der Waals surface area contributed by atoms with E-state index in [1.807, 2.05) is 11.4 Å². The number of thiophene rings is 1. The first-order valence-corrected chi connectivity index (χ1v) is 7.35. The summed E-state index contributed by atoms with van der Waals surface area (Å²) in [7, 11) is 0. The number of carbonyl (C=O) groups is 2. The summed E-state index contributed by atoms with van der Waals surface area (Å²) in [5.74, 6) is -0.971. The number of hydrogen-bond donors (Lipinski definition) is 2. The SMILES string of the molecule is O=C(NCc1sccc1Br)C(=O)N1CCNCC1. The van der Waals surface area contributed by atoms with E-state index in [0.717, 1.165) is 22.4 Å². The van der Waals surface area contributed by atoms with Crippen LogP contribution in [0.3, 0.4) is 0 Å². The minimum Gasteiger partial charge on any atom is -0.343 e. The second kappa shape index (κ2) is 6.31. The van der Waals surface area contributed by atoms with E-state index in [-0.39, 0.29) is 0 Å². The van der Waals surface area contributed by atoms with Crippen molar-refractivity contribution in [2.45, 2.75) is 6.54 Å². The number of carbonyl (C=O) groups excluding carboxylic acids is 2. The van der Waals surface area contributed by atoms with Gasteiger partial charge in [0.1, 0.15) is 0 Å². The minimum atomic E-state index is -0.530. The Morgan fingerprint density at radius 1 is 1.44 bits per heavy atom. The van der Waals surface area contributed by atoms with Crippen LogP contribution in [0.25, 0.3) is 0 Å². The first kappa shape index (κ1) is 13.5. The maximum absolute atomic E-state index is 11.8. The average Bonchev–Trinajstić information content (AvgIpc) is 2.81. The molecule has 98 valence electrons. The molecule has 7 heteroatoms. The van der Waals surface area contributed by atoms with Gasteiger partial charge in [0, 0.05) is 35.5 Å². The summed E-state index contributed by atoms with van der Waals surface area (Å²) in [5, 5.41) is 7.73. The summed E-state index contributed by atoms with van der Waals surface area (Å²) >= 11 is 4.93. The first-order chi connectivity index (χ1) is 8.68. The average molecular weight is 332 g/mol. The van der Waals surface area contributed by atoms with Gasteiger partial charge in [-0.3, -0.25) is 9.59 Å². The Bertz CT molecular complexity index is 443. The Kier molecular flexibility index (Phi) is 4.73. The highest BCUT2D eigenvalue weighted by molar-refractivity contribution is 9.10. The highest BCUT2D eigenvalue weighted by atomic mass is 79.9. The largest absolute Gasteiger partial charge is 0.343 e. The molecule has 1 fully saturated rings. The van der Waals surface area contributed by atoms with E-state index in [9.17, 15) is 9.59 Å². The van der Waals surface area contributed by atoms with Crippen LogP contribution < -0.4 is 10.6 Å². The van der Waals surface area contributed by atoms with Crippen LogP contribution in [0.4, 0.5) is 0 Å². The van der Waals surface area contributed by atoms with Crippen molar-refractivity contribution in [2.75, 3.05) is 26.2 Å². The van der Waals surface area contributed by atoms with Crippen LogP contribution >= 0.6 is 27.3 Å². The van der Waals surface area contributed by atoms with Gasteiger partial charge in [-0.25, -0.2) is 0 Å². The van der Waals surface area contributed by atoms with E-state index in [2.05, 4.69) is 26.6 Å². The molecule has 1 aliphatic rings. The molecular formula is C11H14BrN3O2S. The summed E-state index contributed by atoms with van der Waals surface area (Å²) in [6.45, 7) is 3.06. The number of nitrogens with zero attached hydrogens (tertiary/aromatic N) is 1. The molecular weight excluding hydrogens is 318 g/mol. The van der Waals surface area contributed by atoms with Crippen LogP contribution in [0.2, 0.25) is 0 Å². The number of amides is 2. The normalized spacial score (nSPS) is 15.5. The molecule has 1 saturated heterocycles. The van der Waals surface area contributed by atoms with Gasteiger partial charge in [-0.2, -0.15) is 0 Å². The quantitative estimate of drug-likeness (QED) is 0.778. The van der Waals surface area contributed by atoms with Crippen LogP contribution in [0.1, 0.15) is 4.88 Å². The van der Waals surface area contributed by atoms with E-state index in [4.69, 9.17) is 0 Å². The molecule has 0 bridgehead atoms. The molecule has 0 saturated carbocycles. The van der Waals surface area contributed by atoms with Gasteiger partial charge in [0.25, 0.3) is 0 Å². The predicted molar refractivity (Wildman–Crippen MR) is 73.3 cm³/mol. The fraction of sp³-hybridized carbons (Fsp3) is 0.455. The molecule has 1 aromatic heterocycles. The van der Waals surface area contributed by atoms with Crippen LogP contribution in [-0.2, 0) is 16.1 Å². The predicted octanol–water partition coefficient (Wildman–Crippen LogP) is 0.559. The molecule has 2 N–H and O–H groups in total. The smallest absolute Gasteiger partial charge is 0.311 e. The molecule has 0 unspecified atom stereocenters. The lowest BCUT2D eigenvalue weighted by atomic mass is 10.3. The van der Waals surface area contributed by atoms with E-state index in [1.54, 1.807) is 16.2 Å². The van der Waals surface area contributed by atoms with Crippen molar-refractivity contribution >= 4 is 39.1 Å². The van der Waals surface area contributed by atoms with Gasteiger partial charge in [0.15, 0.2) is 0 Å². The fourth-order valence-corrected chi connectivity index (χ4v) is 3.13. The fourth-order valence-electron chi connectivity index (χ4n) is 1.70. The van der Waals surface area contributed by atoms with Gasteiger partial charge < -0.3 is 15.5 Å². The van der Waals surface area contributed by atoms with Gasteiger partial charge in [-0.1, -0.05) is 0 Å². The molecule has 1 aliphatic heterocycles. The molecule has 0 atom stereocenters. The highest BCUT2D eigenvalue weighted by Gasteiger charge is 2.22. The molecule has 0 aliphatic carbocycles. The zero-order chi connectivity index (χ0) is 13.0. The van der Waals surface area contributed by atoms with Crippen LogP contribution in [0, 0.1) is 0 Å². The summed E-state index contributed by atoms with van der Waals surface area (Å²) in [6, 6.07) is 1.92. The zero-order valence-corrected chi connectivity index (χ0v) is 12.1. The maximum atomic E-state index is 11.8. The Morgan fingerprint density at radius 2 is 2.17 bits per heavy atom. The number of halogens is 1. The van der Waals surface area contributed by atoms with Crippen LogP contribution in [-0.4, -0.2) is 42.9 Å². The third-order valence-corrected chi connectivity index (χ3v) is 4.63. The van der Waals surface area contributed by atoms with Crippen molar-refractivity contribution in [2.24, 2.45) is 0 Å². The van der Waals surface area contributed by atoms with Gasteiger partial charge in [-0.05, 0) is 27.4 Å². The van der Waals surface area contributed by atoms with Crippen molar-refractivity contribution < 1.29 is 9.59 Å². The van der Waals surface area contributed by atoms with Crippen molar-refractivity contribution in [1.82, 2.24) is 15.5 Å². The van der Waals surface area contributed by atoms with Crippen molar-refractivity contribution in [3.05, 3.63) is 20.8 Å². The van der Waals surface area contributed by atoms with Gasteiger partial charge in [-0.15, -0.1) is 11.3 Å².